The Morgan fingerprint density at radius 1 is 1.50 bits per heavy atom. The van der Waals surface area contributed by atoms with E-state index < -0.39 is 0 Å². The topological polar surface area (TPSA) is 72.1 Å². The minimum absolute atomic E-state index is 0.0302. The lowest BCUT2D eigenvalue weighted by Crippen LogP contribution is -2.50. The van der Waals surface area contributed by atoms with Crippen molar-refractivity contribution >= 4 is 23.1 Å². The molecule has 5 nitrogen and oxygen atoms in total. The molecular weight excluding hydrogens is 272 g/mol. The fraction of sp³-hybridized carbons (Fsp3) is 0.571. The van der Waals surface area contributed by atoms with Gasteiger partial charge in [-0.1, -0.05) is 19.1 Å². The van der Waals surface area contributed by atoms with Gasteiger partial charge in [0.25, 0.3) is 5.91 Å². The largest absolute Gasteiger partial charge is 0.392 e. The molecule has 0 spiro atoms. The number of thiocarbonyl (C=S) groups is 1. The van der Waals surface area contributed by atoms with Crippen molar-refractivity contribution in [3.8, 4) is 0 Å². The molecule has 20 heavy (non-hydrogen) atoms. The van der Waals surface area contributed by atoms with E-state index in [2.05, 4.69) is 10.2 Å². The summed E-state index contributed by atoms with van der Waals surface area (Å²) >= 11 is 5.10. The molecule has 6 heteroatoms. The molecule has 1 aliphatic heterocycles. The number of nitrogens with two attached hydrogens (primary N) is 1. The summed E-state index contributed by atoms with van der Waals surface area (Å²) in [6, 6.07) is 1.67. The first-order valence-electron chi connectivity index (χ1n) is 6.98. The Bertz CT molecular complexity index is 532. The first-order valence-corrected chi connectivity index (χ1v) is 7.39. The van der Waals surface area contributed by atoms with E-state index in [0.717, 1.165) is 30.7 Å². The molecular formula is C14H20N4OS. The van der Waals surface area contributed by atoms with Crippen molar-refractivity contribution in [3.05, 3.63) is 23.0 Å². The first-order chi connectivity index (χ1) is 9.54. The highest BCUT2D eigenvalue weighted by Gasteiger charge is 2.30. The smallest absolute Gasteiger partial charge is 0.256 e. The van der Waals surface area contributed by atoms with Crippen LogP contribution in [0.4, 0.5) is 0 Å². The molecule has 0 saturated carbocycles. The summed E-state index contributed by atoms with van der Waals surface area (Å²) in [5.74, 6) is -0.0302. The van der Waals surface area contributed by atoms with Gasteiger partial charge in [-0.2, -0.15) is 10.2 Å². The van der Waals surface area contributed by atoms with Crippen LogP contribution in [-0.2, 0) is 6.42 Å². The average molecular weight is 292 g/mol. The van der Waals surface area contributed by atoms with Crippen LogP contribution < -0.4 is 5.73 Å². The number of carbonyl (C=O) groups excluding carboxylic acids is 1. The van der Waals surface area contributed by atoms with Crippen LogP contribution in [0.2, 0.25) is 0 Å². The highest BCUT2D eigenvalue weighted by molar-refractivity contribution is 7.80. The van der Waals surface area contributed by atoms with Crippen LogP contribution in [0.15, 0.2) is 6.07 Å². The molecule has 0 aromatic carbocycles. The van der Waals surface area contributed by atoms with Gasteiger partial charge in [0.15, 0.2) is 0 Å². The summed E-state index contributed by atoms with van der Waals surface area (Å²) in [5.41, 5.74) is 7.89. The monoisotopic (exact) mass is 292 g/mol. The minimum Gasteiger partial charge on any atom is -0.392 e. The Hall–Kier alpha value is -1.56. The molecule has 1 aromatic rings. The van der Waals surface area contributed by atoms with Crippen LogP contribution in [0.25, 0.3) is 0 Å². The number of amides is 1. The summed E-state index contributed by atoms with van der Waals surface area (Å²) in [4.78, 5) is 15.0. The fourth-order valence-corrected chi connectivity index (χ4v) is 2.83. The van der Waals surface area contributed by atoms with Crippen molar-refractivity contribution in [1.82, 2.24) is 15.1 Å². The zero-order valence-electron chi connectivity index (χ0n) is 11.9. The van der Waals surface area contributed by atoms with Gasteiger partial charge in [0.2, 0.25) is 0 Å². The number of nitrogens with zero attached hydrogens (tertiary/aromatic N) is 3. The molecule has 2 rings (SSSR count). The lowest BCUT2D eigenvalue weighted by atomic mass is 10.00. The zero-order valence-corrected chi connectivity index (χ0v) is 12.7. The summed E-state index contributed by atoms with van der Waals surface area (Å²) in [6.07, 6.45) is 3.57. The van der Waals surface area contributed by atoms with Gasteiger partial charge in [-0.25, -0.2) is 0 Å². The van der Waals surface area contributed by atoms with E-state index in [4.69, 9.17) is 18.0 Å². The number of likely N-dealkylation sites (tertiary alicyclic amines) is 1. The second-order valence-corrected chi connectivity index (χ2v) is 5.58. The van der Waals surface area contributed by atoms with Crippen LogP contribution in [-0.4, -0.2) is 38.6 Å². The molecule has 0 bridgehead atoms. The van der Waals surface area contributed by atoms with E-state index in [9.17, 15) is 4.79 Å². The Morgan fingerprint density at radius 3 is 2.90 bits per heavy atom. The number of hydrogen-bond donors (Lipinski definition) is 1. The number of rotatable bonds is 3. The van der Waals surface area contributed by atoms with E-state index in [-0.39, 0.29) is 11.9 Å². The van der Waals surface area contributed by atoms with Gasteiger partial charge in [0, 0.05) is 6.54 Å². The molecule has 1 aromatic heterocycles. The molecule has 108 valence electrons. The summed E-state index contributed by atoms with van der Waals surface area (Å²) in [6.45, 7) is 4.51. The van der Waals surface area contributed by atoms with Gasteiger partial charge >= 0.3 is 0 Å². The van der Waals surface area contributed by atoms with Crippen molar-refractivity contribution in [1.29, 1.82) is 0 Å². The van der Waals surface area contributed by atoms with Crippen LogP contribution in [0, 0.1) is 6.92 Å². The maximum Gasteiger partial charge on any atom is 0.256 e. The predicted octanol–water partition coefficient (Wildman–Crippen LogP) is 1.63. The van der Waals surface area contributed by atoms with Crippen molar-refractivity contribution in [2.45, 2.75) is 45.6 Å². The lowest BCUT2D eigenvalue weighted by Gasteiger charge is -2.35. The Kier molecular flexibility index (Phi) is 4.65. The van der Waals surface area contributed by atoms with Gasteiger partial charge in [0.05, 0.1) is 28.0 Å². The minimum atomic E-state index is -0.135. The van der Waals surface area contributed by atoms with Gasteiger partial charge < -0.3 is 10.6 Å². The molecule has 1 aliphatic rings. The summed E-state index contributed by atoms with van der Waals surface area (Å²) in [7, 11) is 0. The molecule has 1 saturated heterocycles. The van der Waals surface area contributed by atoms with Gasteiger partial charge in [-0.15, -0.1) is 0 Å². The van der Waals surface area contributed by atoms with Crippen LogP contribution >= 0.6 is 12.2 Å². The third-order valence-electron chi connectivity index (χ3n) is 3.65. The Morgan fingerprint density at radius 2 is 2.25 bits per heavy atom. The van der Waals surface area contributed by atoms with E-state index in [1.165, 1.54) is 0 Å². The van der Waals surface area contributed by atoms with Crippen LogP contribution in [0.5, 0.6) is 0 Å². The third kappa shape index (κ3) is 2.95. The second-order valence-electron chi connectivity index (χ2n) is 5.11. The molecule has 2 N–H and O–H groups in total. The molecule has 1 atom stereocenters. The molecule has 2 heterocycles. The Labute approximate surface area is 124 Å². The molecule has 1 fully saturated rings. The summed E-state index contributed by atoms with van der Waals surface area (Å²) < 4.78 is 0. The molecule has 1 amide bonds. The van der Waals surface area contributed by atoms with E-state index in [1.54, 1.807) is 11.0 Å². The van der Waals surface area contributed by atoms with Crippen molar-refractivity contribution in [2.24, 2.45) is 5.73 Å². The first kappa shape index (κ1) is 14.8. The number of aryl methyl sites for hydroxylation is 2. The molecule has 0 radical (unpaired) electrons. The maximum absolute atomic E-state index is 12.8. The van der Waals surface area contributed by atoms with Crippen LogP contribution in [0.3, 0.4) is 0 Å². The predicted molar refractivity (Wildman–Crippen MR) is 81.6 cm³/mol. The highest BCUT2D eigenvalue weighted by atomic mass is 32.1. The quantitative estimate of drug-likeness (QED) is 0.857. The highest BCUT2D eigenvalue weighted by Crippen LogP contribution is 2.21. The molecule has 1 unspecified atom stereocenters. The Balaban J connectivity index is 2.34. The van der Waals surface area contributed by atoms with Crippen molar-refractivity contribution in [3.63, 3.8) is 0 Å². The van der Waals surface area contributed by atoms with Crippen molar-refractivity contribution in [2.75, 3.05) is 6.54 Å². The van der Waals surface area contributed by atoms with E-state index in [1.807, 2.05) is 13.8 Å². The van der Waals surface area contributed by atoms with Crippen molar-refractivity contribution < 1.29 is 4.79 Å². The normalized spacial score (nSPS) is 18.9. The number of carbonyl (C=O) groups is 1. The number of piperidine rings is 1. The zero-order chi connectivity index (χ0) is 14.7. The lowest BCUT2D eigenvalue weighted by molar-refractivity contribution is 0.0679. The third-order valence-corrected chi connectivity index (χ3v) is 3.92. The molecule has 0 aliphatic carbocycles. The number of hydrogen-bond acceptors (Lipinski definition) is 4. The SMILES string of the molecule is CCc1nnc(C)cc1C(=O)N1CCCCC1C(N)=S. The van der Waals surface area contributed by atoms with Gasteiger partial charge in [-0.05, 0) is 38.7 Å². The average Bonchev–Trinajstić information content (AvgIpc) is 2.46. The van der Waals surface area contributed by atoms with E-state index in [0.29, 0.717) is 23.5 Å². The summed E-state index contributed by atoms with van der Waals surface area (Å²) in [5, 5.41) is 8.14. The maximum atomic E-state index is 12.8. The van der Waals surface area contributed by atoms with Gasteiger partial charge in [0.1, 0.15) is 0 Å². The van der Waals surface area contributed by atoms with Crippen LogP contribution in [0.1, 0.15) is 47.9 Å². The standard InChI is InChI=1S/C14H20N4OS/c1-3-11-10(8-9(2)16-17-11)14(19)18-7-5-4-6-12(18)13(15)20/h8,12H,3-7H2,1-2H3,(H2,15,20). The second kappa shape index (κ2) is 6.26. The van der Waals surface area contributed by atoms with E-state index >= 15 is 0 Å². The van der Waals surface area contributed by atoms with Gasteiger partial charge in [-0.3, -0.25) is 4.79 Å². The number of aromatic nitrogens is 2. The fourth-order valence-electron chi connectivity index (χ4n) is 2.59.